The molecule has 0 saturated carbocycles. The van der Waals surface area contributed by atoms with Gasteiger partial charge in [-0.1, -0.05) is 18.2 Å². The molecule has 1 rings (SSSR count). The van der Waals surface area contributed by atoms with Crippen LogP contribution in [0.25, 0.3) is 6.08 Å². The third-order valence-corrected chi connectivity index (χ3v) is 2.27. The summed E-state index contributed by atoms with van der Waals surface area (Å²) < 4.78 is 5.23. The van der Waals surface area contributed by atoms with Crippen LogP contribution in [0.4, 0.5) is 0 Å². The Labute approximate surface area is 111 Å². The number of ether oxygens (including phenoxy) is 1. The summed E-state index contributed by atoms with van der Waals surface area (Å²) in [5, 5.41) is 17.5. The van der Waals surface area contributed by atoms with Gasteiger partial charge in [0.2, 0.25) is 0 Å². The fourth-order valence-electron chi connectivity index (χ4n) is 1.38. The van der Waals surface area contributed by atoms with E-state index < -0.39 is 0 Å². The normalized spacial score (nSPS) is 10.2. The number of nitriles is 2. The molecule has 0 saturated heterocycles. The molecule has 0 radical (unpaired) electrons. The molecule has 0 atom stereocenters. The predicted molar refractivity (Wildman–Crippen MR) is 69.8 cm³/mol. The molecule has 0 spiro atoms. The van der Waals surface area contributed by atoms with E-state index in [9.17, 15) is 4.79 Å². The molecule has 0 heterocycles. The van der Waals surface area contributed by atoms with Crippen LogP contribution in [0.2, 0.25) is 0 Å². The summed E-state index contributed by atoms with van der Waals surface area (Å²) in [7, 11) is 3.15. The first-order chi connectivity index (χ1) is 9.10. The number of hydrogen-bond donors (Lipinski definition) is 0. The van der Waals surface area contributed by atoms with Crippen LogP contribution in [-0.4, -0.2) is 31.5 Å². The fraction of sp³-hybridized carbons (Fsp3) is 0.214. The highest BCUT2D eigenvalue weighted by molar-refractivity contribution is 6.01. The number of amides is 1. The minimum atomic E-state index is -0.377. The van der Waals surface area contributed by atoms with Gasteiger partial charge in [-0.25, -0.2) is 0 Å². The minimum absolute atomic E-state index is 0.0120. The smallest absolute Gasteiger partial charge is 0.264 e. The van der Waals surface area contributed by atoms with Crippen molar-refractivity contribution in [2.75, 3.05) is 20.7 Å². The lowest BCUT2D eigenvalue weighted by atomic mass is 10.1. The van der Waals surface area contributed by atoms with Crippen molar-refractivity contribution in [1.29, 1.82) is 10.5 Å². The van der Waals surface area contributed by atoms with Crippen molar-refractivity contribution in [3.63, 3.8) is 0 Å². The average molecular weight is 255 g/mol. The van der Waals surface area contributed by atoms with Gasteiger partial charge in [-0.15, -0.1) is 0 Å². The van der Waals surface area contributed by atoms with Gasteiger partial charge < -0.3 is 9.64 Å². The first kappa shape index (κ1) is 14.3. The molecule has 19 heavy (non-hydrogen) atoms. The van der Waals surface area contributed by atoms with Gasteiger partial charge >= 0.3 is 0 Å². The average Bonchev–Trinajstić information content (AvgIpc) is 2.42. The fourth-order valence-corrected chi connectivity index (χ4v) is 1.38. The second-order valence-corrected chi connectivity index (χ2v) is 3.85. The lowest BCUT2D eigenvalue weighted by Crippen LogP contribution is -2.22. The van der Waals surface area contributed by atoms with E-state index in [1.165, 1.54) is 11.0 Å². The molecule has 0 bridgehead atoms. The van der Waals surface area contributed by atoms with Crippen LogP contribution >= 0.6 is 0 Å². The zero-order valence-electron chi connectivity index (χ0n) is 10.8. The summed E-state index contributed by atoms with van der Waals surface area (Å²) in [4.78, 5) is 13.1. The van der Waals surface area contributed by atoms with Gasteiger partial charge in [-0.3, -0.25) is 4.79 Å². The summed E-state index contributed by atoms with van der Waals surface area (Å²) >= 11 is 0. The second kappa shape index (κ2) is 6.83. The van der Waals surface area contributed by atoms with Crippen LogP contribution in [0.15, 0.2) is 29.8 Å². The highest BCUT2D eigenvalue weighted by Crippen LogP contribution is 2.21. The number of rotatable bonds is 4. The van der Waals surface area contributed by atoms with E-state index in [2.05, 4.69) is 0 Å². The van der Waals surface area contributed by atoms with Crippen molar-refractivity contribution in [3.8, 4) is 17.9 Å². The maximum absolute atomic E-state index is 11.7. The van der Waals surface area contributed by atoms with E-state index in [0.717, 1.165) is 0 Å². The van der Waals surface area contributed by atoms with Gasteiger partial charge in [0, 0.05) is 19.7 Å². The van der Waals surface area contributed by atoms with Crippen molar-refractivity contribution in [1.82, 2.24) is 4.90 Å². The molecular weight excluding hydrogens is 242 g/mol. The summed E-state index contributed by atoms with van der Waals surface area (Å²) in [6, 6.07) is 10.6. The molecule has 0 aromatic heterocycles. The zero-order chi connectivity index (χ0) is 14.3. The molecule has 1 aromatic carbocycles. The number of hydrogen-bond acceptors (Lipinski definition) is 4. The van der Waals surface area contributed by atoms with Crippen molar-refractivity contribution in [2.24, 2.45) is 0 Å². The third kappa shape index (κ3) is 3.86. The van der Waals surface area contributed by atoms with E-state index in [-0.39, 0.29) is 18.1 Å². The standard InChI is InChI=1S/C14H13N3O2/c1-17(2)14(18)12(10-16)9-11-5-3-4-6-13(11)19-8-7-15/h3-6,9H,8H2,1-2H3/b12-9-. The summed E-state index contributed by atoms with van der Waals surface area (Å²) in [6.07, 6.45) is 1.45. The molecule has 0 unspecified atom stereocenters. The van der Waals surface area contributed by atoms with E-state index >= 15 is 0 Å². The van der Waals surface area contributed by atoms with Crippen LogP contribution < -0.4 is 4.74 Å². The van der Waals surface area contributed by atoms with Gasteiger partial charge in [0.15, 0.2) is 6.61 Å². The Morgan fingerprint density at radius 3 is 2.63 bits per heavy atom. The molecule has 0 aliphatic rings. The number of nitrogens with zero attached hydrogens (tertiary/aromatic N) is 3. The van der Waals surface area contributed by atoms with Gasteiger partial charge in [-0.2, -0.15) is 10.5 Å². The largest absolute Gasteiger partial charge is 0.478 e. The lowest BCUT2D eigenvalue weighted by Gasteiger charge is -2.10. The molecular formula is C14H13N3O2. The molecule has 1 aromatic rings. The van der Waals surface area contributed by atoms with E-state index in [1.54, 1.807) is 38.4 Å². The number of carbonyl (C=O) groups excluding carboxylic acids is 1. The van der Waals surface area contributed by atoms with E-state index in [4.69, 9.17) is 15.3 Å². The van der Waals surface area contributed by atoms with E-state index in [1.807, 2.05) is 12.1 Å². The quantitative estimate of drug-likeness (QED) is 0.604. The minimum Gasteiger partial charge on any atom is -0.478 e. The van der Waals surface area contributed by atoms with Gasteiger partial charge in [0.05, 0.1) is 0 Å². The Morgan fingerprint density at radius 2 is 2.05 bits per heavy atom. The molecule has 5 heteroatoms. The number of para-hydroxylation sites is 1. The Balaban J connectivity index is 3.13. The zero-order valence-corrected chi connectivity index (χ0v) is 10.8. The highest BCUT2D eigenvalue weighted by atomic mass is 16.5. The third-order valence-electron chi connectivity index (χ3n) is 2.27. The Bertz CT molecular complexity index is 577. The second-order valence-electron chi connectivity index (χ2n) is 3.85. The maximum atomic E-state index is 11.7. The maximum Gasteiger partial charge on any atom is 0.264 e. The number of likely N-dealkylation sites (N-methyl/N-ethyl adjacent to an activating group) is 1. The van der Waals surface area contributed by atoms with Crippen LogP contribution in [0.3, 0.4) is 0 Å². The first-order valence-electron chi connectivity index (χ1n) is 5.52. The molecule has 0 N–H and O–H groups in total. The summed E-state index contributed by atoms with van der Waals surface area (Å²) in [6.45, 7) is -0.0889. The van der Waals surface area contributed by atoms with Crippen LogP contribution in [-0.2, 0) is 4.79 Å². The Kier molecular flexibility index (Phi) is 5.13. The van der Waals surface area contributed by atoms with Crippen molar-refractivity contribution >= 4 is 12.0 Å². The first-order valence-corrected chi connectivity index (χ1v) is 5.52. The van der Waals surface area contributed by atoms with E-state index in [0.29, 0.717) is 11.3 Å². The van der Waals surface area contributed by atoms with Gasteiger partial charge in [-0.05, 0) is 12.1 Å². The molecule has 1 amide bonds. The van der Waals surface area contributed by atoms with Crippen molar-refractivity contribution in [2.45, 2.75) is 0 Å². The van der Waals surface area contributed by atoms with Crippen LogP contribution in [0, 0.1) is 22.7 Å². The molecule has 96 valence electrons. The monoisotopic (exact) mass is 255 g/mol. The predicted octanol–water partition coefficient (Wildman–Crippen LogP) is 1.58. The van der Waals surface area contributed by atoms with Crippen molar-refractivity contribution < 1.29 is 9.53 Å². The van der Waals surface area contributed by atoms with Crippen LogP contribution in [0.5, 0.6) is 5.75 Å². The molecule has 0 aliphatic heterocycles. The molecule has 0 aliphatic carbocycles. The number of benzene rings is 1. The van der Waals surface area contributed by atoms with Crippen molar-refractivity contribution in [3.05, 3.63) is 35.4 Å². The molecule has 0 fully saturated rings. The molecule has 5 nitrogen and oxygen atoms in total. The highest BCUT2D eigenvalue weighted by Gasteiger charge is 2.12. The SMILES string of the molecule is CN(C)C(=O)/C(C#N)=C\c1ccccc1OCC#N. The summed E-state index contributed by atoms with van der Waals surface area (Å²) in [5.41, 5.74) is 0.600. The Morgan fingerprint density at radius 1 is 1.37 bits per heavy atom. The van der Waals surface area contributed by atoms with Gasteiger partial charge in [0.1, 0.15) is 23.5 Å². The number of carbonyl (C=O) groups is 1. The topological polar surface area (TPSA) is 77.1 Å². The van der Waals surface area contributed by atoms with Gasteiger partial charge in [0.25, 0.3) is 5.91 Å². The van der Waals surface area contributed by atoms with Crippen LogP contribution in [0.1, 0.15) is 5.56 Å². The summed E-state index contributed by atoms with van der Waals surface area (Å²) in [5.74, 6) is 0.0842. The lowest BCUT2D eigenvalue weighted by molar-refractivity contribution is -0.124. The Hall–Kier alpha value is -2.79.